The highest BCUT2D eigenvalue weighted by atomic mass is 32.1. The Morgan fingerprint density at radius 3 is 2.60 bits per heavy atom. The van der Waals surface area contributed by atoms with Gasteiger partial charge in [0.05, 0.1) is 16.5 Å². The van der Waals surface area contributed by atoms with Gasteiger partial charge in [0.15, 0.2) is 0 Å². The third kappa shape index (κ3) is 5.67. The van der Waals surface area contributed by atoms with Crippen molar-refractivity contribution in [1.82, 2.24) is 4.90 Å². The Labute approximate surface area is 179 Å². The molecule has 3 rings (SSSR count). The second kappa shape index (κ2) is 10.0. The molecule has 7 heteroatoms. The molecule has 2 amide bonds. The van der Waals surface area contributed by atoms with E-state index in [1.165, 1.54) is 35.6 Å². The molecular weight excluding hydrogens is 403 g/mol. The van der Waals surface area contributed by atoms with Gasteiger partial charge in [-0.2, -0.15) is 0 Å². The highest BCUT2D eigenvalue weighted by Gasteiger charge is 2.19. The number of rotatable bonds is 8. The Morgan fingerprint density at radius 2 is 1.87 bits per heavy atom. The average molecular weight is 427 g/mol. The zero-order chi connectivity index (χ0) is 21.5. The number of nitrogens with zero attached hydrogens (tertiary/aromatic N) is 1. The Hall–Kier alpha value is -3.19. The lowest BCUT2D eigenvalue weighted by Crippen LogP contribution is -2.28. The molecule has 30 heavy (non-hydrogen) atoms. The van der Waals surface area contributed by atoms with Crippen molar-refractivity contribution in [2.24, 2.45) is 0 Å². The summed E-state index contributed by atoms with van der Waals surface area (Å²) in [4.78, 5) is 27.3. The van der Waals surface area contributed by atoms with Crippen molar-refractivity contribution in [3.63, 3.8) is 0 Å². The maximum absolute atomic E-state index is 13.3. The number of aryl methyl sites for hydroxylation is 1. The van der Waals surface area contributed by atoms with E-state index >= 15 is 0 Å². The molecule has 1 aromatic heterocycles. The van der Waals surface area contributed by atoms with Crippen LogP contribution in [0.4, 0.5) is 9.39 Å². The molecule has 0 saturated heterocycles. The summed E-state index contributed by atoms with van der Waals surface area (Å²) in [5.41, 5.74) is 1.01. The Kier molecular flexibility index (Phi) is 7.19. The number of nitrogens with one attached hydrogen (secondary N) is 1. The lowest BCUT2D eigenvalue weighted by atomic mass is 10.2. The van der Waals surface area contributed by atoms with E-state index < -0.39 is 11.7 Å². The average Bonchev–Trinajstić information content (AvgIpc) is 3.11. The van der Waals surface area contributed by atoms with E-state index in [9.17, 15) is 14.0 Å². The summed E-state index contributed by atoms with van der Waals surface area (Å²) in [6.07, 6.45) is 0.699. The first kappa shape index (κ1) is 21.5. The minimum Gasteiger partial charge on any atom is -0.494 e. The van der Waals surface area contributed by atoms with Gasteiger partial charge in [-0.1, -0.05) is 24.3 Å². The van der Waals surface area contributed by atoms with E-state index in [-0.39, 0.29) is 11.5 Å². The Morgan fingerprint density at radius 1 is 1.10 bits per heavy atom. The van der Waals surface area contributed by atoms with Crippen molar-refractivity contribution in [2.45, 2.75) is 13.3 Å². The van der Waals surface area contributed by atoms with E-state index in [1.54, 1.807) is 18.0 Å². The van der Waals surface area contributed by atoms with Gasteiger partial charge in [0, 0.05) is 19.2 Å². The molecule has 1 heterocycles. The Balaban J connectivity index is 1.54. The highest BCUT2D eigenvalue weighted by molar-refractivity contribution is 7.18. The van der Waals surface area contributed by atoms with Crippen molar-refractivity contribution >= 4 is 28.2 Å². The summed E-state index contributed by atoms with van der Waals surface area (Å²) >= 11 is 1.21. The van der Waals surface area contributed by atoms with Crippen LogP contribution in [0.3, 0.4) is 0 Å². The number of para-hydroxylation sites is 1. The van der Waals surface area contributed by atoms with Crippen LogP contribution in [0, 0.1) is 12.7 Å². The molecule has 5 nitrogen and oxygen atoms in total. The van der Waals surface area contributed by atoms with E-state index in [0.717, 1.165) is 11.3 Å². The van der Waals surface area contributed by atoms with Crippen molar-refractivity contribution < 1.29 is 18.7 Å². The molecule has 2 aromatic carbocycles. The van der Waals surface area contributed by atoms with Gasteiger partial charge in [0.25, 0.3) is 11.8 Å². The van der Waals surface area contributed by atoms with Crippen LogP contribution in [0.1, 0.15) is 32.0 Å². The number of amides is 2. The second-order valence-electron chi connectivity index (χ2n) is 6.83. The van der Waals surface area contributed by atoms with Crippen LogP contribution < -0.4 is 10.1 Å². The monoisotopic (exact) mass is 426 g/mol. The smallest absolute Gasteiger partial charge is 0.264 e. The summed E-state index contributed by atoms with van der Waals surface area (Å²) in [6, 6.07) is 16.8. The quantitative estimate of drug-likeness (QED) is 0.516. The molecule has 0 aliphatic carbocycles. The number of thiophene rings is 1. The van der Waals surface area contributed by atoms with Crippen LogP contribution in [0.5, 0.6) is 5.75 Å². The molecule has 0 fully saturated rings. The van der Waals surface area contributed by atoms with E-state index in [2.05, 4.69) is 5.32 Å². The highest BCUT2D eigenvalue weighted by Crippen LogP contribution is 2.28. The van der Waals surface area contributed by atoms with Gasteiger partial charge in [-0.25, -0.2) is 4.39 Å². The molecule has 3 aromatic rings. The van der Waals surface area contributed by atoms with Crippen molar-refractivity contribution in [3.8, 4) is 5.75 Å². The van der Waals surface area contributed by atoms with Crippen LogP contribution in [0.15, 0.2) is 60.7 Å². The number of hydrogen-bond acceptors (Lipinski definition) is 4. The van der Waals surface area contributed by atoms with Crippen LogP contribution in [-0.4, -0.2) is 36.9 Å². The fourth-order valence-corrected chi connectivity index (χ4v) is 3.92. The maximum atomic E-state index is 13.3. The first-order chi connectivity index (χ1) is 14.4. The van der Waals surface area contributed by atoms with Crippen molar-refractivity contribution in [1.29, 1.82) is 0 Å². The van der Waals surface area contributed by atoms with Crippen molar-refractivity contribution in [2.75, 3.05) is 25.5 Å². The topological polar surface area (TPSA) is 58.6 Å². The number of halogens is 1. The zero-order valence-electron chi connectivity index (χ0n) is 16.9. The standard InChI is InChI=1S/C23H23FN2O3S/c1-16-14-20(25-22(27)17-8-6-9-18(24)15-17)30-21(16)23(28)26(2)12-7-13-29-19-10-4-3-5-11-19/h3-6,8-11,14-15H,7,12-13H2,1-2H3,(H,25,27). The van der Waals surface area contributed by atoms with Gasteiger partial charge in [0.2, 0.25) is 0 Å². The molecule has 156 valence electrons. The van der Waals surface area contributed by atoms with Gasteiger partial charge < -0.3 is 15.0 Å². The van der Waals surface area contributed by atoms with Gasteiger partial charge in [-0.05, 0) is 55.3 Å². The largest absolute Gasteiger partial charge is 0.494 e. The van der Waals surface area contributed by atoms with E-state index in [0.29, 0.717) is 29.5 Å². The normalized spacial score (nSPS) is 10.5. The van der Waals surface area contributed by atoms with Gasteiger partial charge in [0.1, 0.15) is 11.6 Å². The summed E-state index contributed by atoms with van der Waals surface area (Å²) in [6.45, 7) is 2.89. The first-order valence-corrected chi connectivity index (χ1v) is 10.4. The molecule has 0 aliphatic heterocycles. The fraction of sp³-hybridized carbons (Fsp3) is 0.217. The number of carbonyl (C=O) groups is 2. The van der Waals surface area contributed by atoms with E-state index in [1.807, 2.05) is 37.3 Å². The van der Waals surface area contributed by atoms with Crippen LogP contribution in [0.25, 0.3) is 0 Å². The van der Waals surface area contributed by atoms with Gasteiger partial charge >= 0.3 is 0 Å². The van der Waals surface area contributed by atoms with Crippen LogP contribution >= 0.6 is 11.3 Å². The van der Waals surface area contributed by atoms with Crippen LogP contribution in [0.2, 0.25) is 0 Å². The molecule has 0 spiro atoms. The molecule has 0 unspecified atom stereocenters. The molecule has 0 atom stereocenters. The molecule has 0 bridgehead atoms. The molecular formula is C23H23FN2O3S. The predicted molar refractivity (Wildman–Crippen MR) is 117 cm³/mol. The third-order valence-electron chi connectivity index (χ3n) is 4.43. The summed E-state index contributed by atoms with van der Waals surface area (Å²) in [7, 11) is 1.75. The molecule has 0 saturated carbocycles. The maximum Gasteiger partial charge on any atom is 0.264 e. The number of benzene rings is 2. The molecule has 0 aliphatic rings. The summed E-state index contributed by atoms with van der Waals surface area (Å²) < 4.78 is 19.0. The number of carbonyl (C=O) groups excluding carboxylic acids is 2. The predicted octanol–water partition coefficient (Wildman–Crippen LogP) is 4.99. The minimum atomic E-state index is -0.473. The number of ether oxygens (including phenoxy) is 1. The fourth-order valence-electron chi connectivity index (χ4n) is 2.85. The second-order valence-corrected chi connectivity index (χ2v) is 7.88. The lowest BCUT2D eigenvalue weighted by molar-refractivity contribution is 0.0791. The Bertz CT molecular complexity index is 1020. The zero-order valence-corrected chi connectivity index (χ0v) is 17.7. The summed E-state index contributed by atoms with van der Waals surface area (Å²) in [5, 5.41) is 3.28. The lowest BCUT2D eigenvalue weighted by Gasteiger charge is -2.17. The van der Waals surface area contributed by atoms with Gasteiger partial charge in [-0.3, -0.25) is 9.59 Å². The summed E-state index contributed by atoms with van der Waals surface area (Å²) in [5.74, 6) is -0.192. The van der Waals surface area contributed by atoms with E-state index in [4.69, 9.17) is 4.74 Å². The molecule has 0 radical (unpaired) electrons. The van der Waals surface area contributed by atoms with Crippen LogP contribution in [-0.2, 0) is 0 Å². The third-order valence-corrected chi connectivity index (χ3v) is 5.57. The van der Waals surface area contributed by atoms with Crippen molar-refractivity contribution in [3.05, 3.63) is 82.5 Å². The number of anilines is 1. The SMILES string of the molecule is Cc1cc(NC(=O)c2cccc(F)c2)sc1C(=O)N(C)CCCOc1ccccc1. The number of hydrogen-bond donors (Lipinski definition) is 1. The molecule has 1 N–H and O–H groups in total. The minimum absolute atomic E-state index is 0.108. The first-order valence-electron chi connectivity index (χ1n) is 9.54. The van der Waals surface area contributed by atoms with Gasteiger partial charge in [-0.15, -0.1) is 11.3 Å².